The predicted octanol–water partition coefficient (Wildman–Crippen LogP) is 4.66. The SMILES string of the molecule is C/C=C(\C(=C/SC)C(C)C)C(C)I. The predicted molar refractivity (Wildman–Crippen MR) is 73.7 cm³/mol. The molecular formula is C11H19IS. The zero-order chi connectivity index (χ0) is 10.4. The van der Waals surface area contributed by atoms with Crippen LogP contribution in [-0.4, -0.2) is 10.2 Å². The van der Waals surface area contributed by atoms with Gasteiger partial charge in [0.25, 0.3) is 0 Å². The Labute approximate surface area is 100 Å². The molecule has 0 nitrogen and oxygen atoms in total. The molecule has 76 valence electrons. The molecule has 2 heteroatoms. The maximum atomic E-state index is 2.47. The second kappa shape index (κ2) is 6.93. The van der Waals surface area contributed by atoms with E-state index in [2.05, 4.69) is 68.0 Å². The molecule has 0 radical (unpaired) electrons. The Morgan fingerprint density at radius 3 is 2.00 bits per heavy atom. The van der Waals surface area contributed by atoms with Crippen LogP contribution >= 0.6 is 34.4 Å². The fourth-order valence-corrected chi connectivity index (χ4v) is 2.67. The summed E-state index contributed by atoms with van der Waals surface area (Å²) in [5.41, 5.74) is 2.96. The summed E-state index contributed by atoms with van der Waals surface area (Å²) >= 11 is 4.27. The maximum Gasteiger partial charge on any atom is 0.0331 e. The molecule has 0 aliphatic carbocycles. The van der Waals surface area contributed by atoms with Gasteiger partial charge in [0.15, 0.2) is 0 Å². The molecule has 1 atom stereocenters. The van der Waals surface area contributed by atoms with E-state index in [0.29, 0.717) is 9.84 Å². The minimum absolute atomic E-state index is 0.600. The Hall–Kier alpha value is 0.560. The van der Waals surface area contributed by atoms with Crippen molar-refractivity contribution in [3.8, 4) is 0 Å². The fourth-order valence-electron chi connectivity index (χ4n) is 1.29. The van der Waals surface area contributed by atoms with E-state index in [4.69, 9.17) is 0 Å². The van der Waals surface area contributed by atoms with E-state index in [1.165, 1.54) is 11.1 Å². The van der Waals surface area contributed by atoms with Crippen LogP contribution in [0.5, 0.6) is 0 Å². The van der Waals surface area contributed by atoms with E-state index < -0.39 is 0 Å². The lowest BCUT2D eigenvalue weighted by Crippen LogP contribution is -2.05. The van der Waals surface area contributed by atoms with Gasteiger partial charge < -0.3 is 0 Å². The third-order valence-electron chi connectivity index (χ3n) is 1.94. The van der Waals surface area contributed by atoms with E-state index in [1.54, 1.807) is 11.8 Å². The summed E-state index contributed by atoms with van der Waals surface area (Å²) in [5, 5.41) is 2.27. The van der Waals surface area contributed by atoms with Crippen LogP contribution in [0.1, 0.15) is 27.7 Å². The Morgan fingerprint density at radius 2 is 1.77 bits per heavy atom. The quantitative estimate of drug-likeness (QED) is 0.413. The van der Waals surface area contributed by atoms with Crippen molar-refractivity contribution >= 4 is 34.4 Å². The summed E-state index contributed by atoms with van der Waals surface area (Å²) in [6, 6.07) is 0. The maximum absolute atomic E-state index is 2.47. The van der Waals surface area contributed by atoms with Crippen LogP contribution in [0.3, 0.4) is 0 Å². The number of thioether (sulfide) groups is 1. The lowest BCUT2D eigenvalue weighted by molar-refractivity contribution is 0.773. The molecule has 1 unspecified atom stereocenters. The second-order valence-electron chi connectivity index (χ2n) is 3.32. The third kappa shape index (κ3) is 4.54. The third-order valence-corrected chi connectivity index (χ3v) is 3.10. The van der Waals surface area contributed by atoms with Crippen molar-refractivity contribution in [1.29, 1.82) is 0 Å². The molecule has 0 aliphatic heterocycles. The van der Waals surface area contributed by atoms with Gasteiger partial charge in [0.05, 0.1) is 0 Å². The number of hydrogen-bond donors (Lipinski definition) is 0. The van der Waals surface area contributed by atoms with E-state index >= 15 is 0 Å². The van der Waals surface area contributed by atoms with Crippen LogP contribution in [0, 0.1) is 5.92 Å². The van der Waals surface area contributed by atoms with Gasteiger partial charge in [0.2, 0.25) is 0 Å². The van der Waals surface area contributed by atoms with Gasteiger partial charge in [-0.3, -0.25) is 0 Å². The number of hydrogen-bond acceptors (Lipinski definition) is 1. The Morgan fingerprint density at radius 1 is 1.23 bits per heavy atom. The van der Waals surface area contributed by atoms with Crippen molar-refractivity contribution in [3.63, 3.8) is 0 Å². The molecule has 0 amide bonds. The molecule has 0 aromatic rings. The smallest absolute Gasteiger partial charge is 0.0331 e. The first-order chi connectivity index (χ1) is 6.04. The Balaban J connectivity index is 4.83. The molecular weight excluding hydrogens is 291 g/mol. The Bertz CT molecular complexity index is 202. The summed E-state index contributed by atoms with van der Waals surface area (Å²) < 4.78 is 0.600. The van der Waals surface area contributed by atoms with E-state index in [9.17, 15) is 0 Å². The molecule has 0 fully saturated rings. The monoisotopic (exact) mass is 310 g/mol. The van der Waals surface area contributed by atoms with Crippen molar-refractivity contribution in [2.45, 2.75) is 31.6 Å². The second-order valence-corrected chi connectivity index (χ2v) is 5.90. The molecule has 0 aliphatic rings. The van der Waals surface area contributed by atoms with Gasteiger partial charge >= 0.3 is 0 Å². The summed E-state index contributed by atoms with van der Waals surface area (Å²) in [6.07, 6.45) is 4.35. The average molecular weight is 310 g/mol. The topological polar surface area (TPSA) is 0 Å². The number of allylic oxidation sites excluding steroid dienone is 3. The normalized spacial score (nSPS) is 16.5. The molecule has 0 bridgehead atoms. The van der Waals surface area contributed by atoms with Crippen LogP contribution in [0.2, 0.25) is 0 Å². The van der Waals surface area contributed by atoms with Crippen LogP contribution in [0.25, 0.3) is 0 Å². The van der Waals surface area contributed by atoms with Crippen molar-refractivity contribution in [2.75, 3.05) is 6.26 Å². The van der Waals surface area contributed by atoms with Gasteiger partial charge in [-0.1, -0.05) is 42.5 Å². The molecule has 0 N–H and O–H groups in total. The summed E-state index contributed by atoms with van der Waals surface area (Å²) in [7, 11) is 0. The molecule has 0 heterocycles. The molecule has 0 aromatic carbocycles. The van der Waals surface area contributed by atoms with Gasteiger partial charge in [-0.25, -0.2) is 0 Å². The largest absolute Gasteiger partial charge is 0.137 e. The lowest BCUT2D eigenvalue weighted by Gasteiger charge is -2.17. The van der Waals surface area contributed by atoms with Crippen LogP contribution in [-0.2, 0) is 0 Å². The van der Waals surface area contributed by atoms with E-state index in [1.807, 2.05) is 0 Å². The van der Waals surface area contributed by atoms with Crippen LogP contribution < -0.4 is 0 Å². The first kappa shape index (κ1) is 13.6. The highest BCUT2D eigenvalue weighted by Gasteiger charge is 2.12. The minimum Gasteiger partial charge on any atom is -0.137 e. The average Bonchev–Trinajstić information content (AvgIpc) is 2.03. The highest BCUT2D eigenvalue weighted by Crippen LogP contribution is 2.28. The van der Waals surface area contributed by atoms with Crippen LogP contribution in [0.15, 0.2) is 22.6 Å². The number of rotatable bonds is 4. The van der Waals surface area contributed by atoms with Gasteiger partial charge in [0, 0.05) is 3.92 Å². The van der Waals surface area contributed by atoms with Gasteiger partial charge in [-0.05, 0) is 42.6 Å². The van der Waals surface area contributed by atoms with Crippen molar-refractivity contribution < 1.29 is 0 Å². The van der Waals surface area contributed by atoms with Crippen molar-refractivity contribution in [2.24, 2.45) is 5.92 Å². The molecule has 0 spiro atoms. The van der Waals surface area contributed by atoms with Crippen molar-refractivity contribution in [3.05, 3.63) is 22.6 Å². The first-order valence-electron chi connectivity index (χ1n) is 4.58. The van der Waals surface area contributed by atoms with E-state index in [-0.39, 0.29) is 0 Å². The fraction of sp³-hybridized carbons (Fsp3) is 0.636. The summed E-state index contributed by atoms with van der Waals surface area (Å²) in [4.78, 5) is 0. The molecule has 0 saturated heterocycles. The van der Waals surface area contributed by atoms with Crippen LogP contribution in [0.4, 0.5) is 0 Å². The molecule has 0 rings (SSSR count). The van der Waals surface area contributed by atoms with E-state index in [0.717, 1.165) is 0 Å². The zero-order valence-electron chi connectivity index (χ0n) is 9.10. The Kier molecular flexibility index (Phi) is 7.23. The van der Waals surface area contributed by atoms with Gasteiger partial charge in [-0.15, -0.1) is 11.8 Å². The van der Waals surface area contributed by atoms with Gasteiger partial charge in [-0.2, -0.15) is 0 Å². The van der Waals surface area contributed by atoms with Crippen molar-refractivity contribution in [1.82, 2.24) is 0 Å². The summed E-state index contributed by atoms with van der Waals surface area (Å²) in [5.74, 6) is 0.621. The highest BCUT2D eigenvalue weighted by atomic mass is 127. The number of alkyl halides is 1. The lowest BCUT2D eigenvalue weighted by atomic mass is 9.95. The first-order valence-corrected chi connectivity index (χ1v) is 7.11. The molecule has 0 saturated carbocycles. The van der Waals surface area contributed by atoms with Gasteiger partial charge in [0.1, 0.15) is 0 Å². The number of halogens is 1. The minimum atomic E-state index is 0.600. The standard InChI is InChI=1S/C11H19IS/c1-6-10(9(4)12)11(7-13-5)8(2)3/h6-9H,1-5H3/b10-6-,11-7-. The zero-order valence-corrected chi connectivity index (χ0v) is 12.1. The summed E-state index contributed by atoms with van der Waals surface area (Å²) in [6.45, 7) is 8.88. The molecule has 13 heavy (non-hydrogen) atoms. The highest BCUT2D eigenvalue weighted by molar-refractivity contribution is 14.1. The molecule has 0 aromatic heterocycles.